The Morgan fingerprint density at radius 3 is 1.80 bits per heavy atom. The monoisotopic (exact) mass is 188 g/mol. The predicted octanol–water partition coefficient (Wildman–Crippen LogP) is 3.09. The minimum absolute atomic E-state index is 0.201. The van der Waals surface area contributed by atoms with E-state index in [-0.39, 0.29) is 6.08 Å². The highest BCUT2D eigenvalue weighted by Crippen LogP contribution is 2.19. The normalized spacial score (nSPS) is 14.6. The van der Waals surface area contributed by atoms with Gasteiger partial charge in [0.1, 0.15) is 0 Å². The van der Waals surface area contributed by atoms with Gasteiger partial charge in [0.25, 0.3) is 0 Å². The Labute approximate surface area is 63.4 Å². The molecule has 0 saturated carbocycles. The van der Waals surface area contributed by atoms with Crippen LogP contribution in [-0.2, 0) is 0 Å². The van der Waals surface area contributed by atoms with Crippen LogP contribution in [0.2, 0.25) is 13.1 Å². The molecule has 0 aliphatic rings. The van der Waals surface area contributed by atoms with Crippen molar-refractivity contribution < 1.29 is 13.2 Å². The first kappa shape index (κ1) is 10.0. The van der Waals surface area contributed by atoms with Crippen LogP contribution in [0.3, 0.4) is 0 Å². The lowest BCUT2D eigenvalue weighted by Gasteiger charge is -2.05. The number of alkyl halides is 3. The minimum atomic E-state index is -4.22. The smallest absolute Gasteiger partial charge is 0.167 e. The van der Waals surface area contributed by atoms with E-state index < -0.39 is 13.6 Å². The van der Waals surface area contributed by atoms with Gasteiger partial charge in [-0.1, -0.05) is 18.8 Å². The second kappa shape index (κ2) is 2.96. The summed E-state index contributed by atoms with van der Waals surface area (Å²) in [6.07, 6.45) is -4.02. The first-order chi connectivity index (χ1) is 4.21. The topological polar surface area (TPSA) is 0 Å². The maximum atomic E-state index is 11.5. The molecule has 0 nitrogen and oxygen atoms in total. The molecule has 0 saturated heterocycles. The zero-order chi connectivity index (χ0) is 8.41. The van der Waals surface area contributed by atoms with Crippen LogP contribution < -0.4 is 0 Å². The van der Waals surface area contributed by atoms with Gasteiger partial charge in [-0.3, -0.25) is 0 Å². The number of rotatable bonds is 1. The van der Waals surface area contributed by atoms with Crippen LogP contribution in [0.15, 0.2) is 11.8 Å². The molecule has 0 N–H and O–H groups in total. The van der Waals surface area contributed by atoms with Crippen LogP contribution in [0, 0.1) is 0 Å². The summed E-state index contributed by atoms with van der Waals surface area (Å²) in [5.41, 5.74) is 1.05. The second-order valence-corrected chi connectivity index (χ2v) is 8.82. The molecule has 0 unspecified atom stereocenters. The van der Waals surface area contributed by atoms with Gasteiger partial charge in [0.2, 0.25) is 0 Å². The average molecular weight is 189 g/mol. The molecule has 0 fully saturated rings. The maximum absolute atomic E-state index is 11.5. The largest absolute Gasteiger partial charge is 0.409 e. The summed E-state index contributed by atoms with van der Waals surface area (Å²) in [5.74, 6) is 0. The third kappa shape index (κ3) is 8.04. The number of halogens is 4. The quantitative estimate of drug-likeness (QED) is 0.438. The molecule has 5 heteroatoms. The Morgan fingerprint density at radius 1 is 1.30 bits per heavy atom. The summed E-state index contributed by atoms with van der Waals surface area (Å²) < 4.78 is 34.4. The Balaban J connectivity index is 4.01. The van der Waals surface area contributed by atoms with Gasteiger partial charge >= 0.3 is 6.18 Å². The van der Waals surface area contributed by atoms with E-state index in [1.807, 2.05) is 0 Å². The molecule has 0 aromatic rings. The number of allylic oxidation sites excluding steroid dienone is 1. The third-order valence-corrected chi connectivity index (χ3v) is 2.01. The molecule has 10 heavy (non-hydrogen) atoms. The maximum Gasteiger partial charge on any atom is 0.409 e. The van der Waals surface area contributed by atoms with Crippen molar-refractivity contribution in [2.45, 2.75) is 19.3 Å². The van der Waals surface area contributed by atoms with Crippen molar-refractivity contribution in [1.82, 2.24) is 0 Å². The summed E-state index contributed by atoms with van der Waals surface area (Å²) in [6, 6.07) is 0. The average Bonchev–Trinajstić information content (AvgIpc) is 1.57. The summed E-state index contributed by atoms with van der Waals surface area (Å²) in [5, 5.41) is 0. The second-order valence-electron chi connectivity index (χ2n) is 2.44. The summed E-state index contributed by atoms with van der Waals surface area (Å²) in [6.45, 7) is 3.24. The van der Waals surface area contributed by atoms with Gasteiger partial charge in [0.15, 0.2) is 7.38 Å². The molecule has 0 spiro atoms. The van der Waals surface area contributed by atoms with Gasteiger partial charge in [-0.2, -0.15) is 24.3 Å². The van der Waals surface area contributed by atoms with Crippen molar-refractivity contribution in [1.29, 1.82) is 0 Å². The van der Waals surface area contributed by atoms with Gasteiger partial charge in [0, 0.05) is 6.08 Å². The van der Waals surface area contributed by atoms with E-state index in [1.165, 1.54) is 0 Å². The predicted molar refractivity (Wildman–Crippen MR) is 38.5 cm³/mol. The standard InChI is InChI=1S/C5H8ClF3Si/c1-10(2,6)4-3-5(7,8)9/h3-4H,1-2H3. The first-order valence-corrected chi connectivity index (χ1v) is 6.76. The van der Waals surface area contributed by atoms with E-state index in [0.29, 0.717) is 0 Å². The zero-order valence-corrected chi connectivity index (χ0v) is 7.42. The molecule has 0 aromatic carbocycles. The summed E-state index contributed by atoms with van der Waals surface area (Å²) in [7, 11) is -2.20. The van der Waals surface area contributed by atoms with Gasteiger partial charge in [-0.15, -0.1) is 0 Å². The Hall–Kier alpha value is 0.0369. The molecule has 0 aliphatic carbocycles. The van der Waals surface area contributed by atoms with Crippen LogP contribution in [-0.4, -0.2) is 13.6 Å². The third-order valence-electron chi connectivity index (χ3n) is 0.669. The van der Waals surface area contributed by atoms with E-state index in [9.17, 15) is 13.2 Å². The van der Waals surface area contributed by atoms with E-state index in [2.05, 4.69) is 0 Å². The van der Waals surface area contributed by atoms with Crippen molar-refractivity contribution in [2.24, 2.45) is 0 Å². The van der Waals surface area contributed by atoms with E-state index in [4.69, 9.17) is 11.1 Å². The molecule has 0 radical (unpaired) electrons. The van der Waals surface area contributed by atoms with Gasteiger partial charge in [-0.05, 0) is 0 Å². The molecule has 0 amide bonds. The van der Waals surface area contributed by atoms with Crippen LogP contribution >= 0.6 is 11.1 Å². The summed E-state index contributed by atoms with van der Waals surface area (Å²) in [4.78, 5) is 0. The minimum Gasteiger partial charge on any atom is -0.167 e. The van der Waals surface area contributed by atoms with E-state index in [0.717, 1.165) is 5.70 Å². The molecule has 0 bridgehead atoms. The number of hydrogen-bond donors (Lipinski definition) is 0. The molecule has 0 aromatic heterocycles. The zero-order valence-electron chi connectivity index (χ0n) is 5.67. The van der Waals surface area contributed by atoms with Crippen LogP contribution in [0.4, 0.5) is 13.2 Å². The SMILES string of the molecule is C[Si](C)(Cl)C=CC(F)(F)F. The van der Waals surface area contributed by atoms with Crippen molar-refractivity contribution in [3.05, 3.63) is 11.8 Å². The molecular weight excluding hydrogens is 181 g/mol. The van der Waals surface area contributed by atoms with Crippen molar-refractivity contribution >= 4 is 18.5 Å². The van der Waals surface area contributed by atoms with Gasteiger partial charge in [-0.25, -0.2) is 0 Å². The highest BCUT2D eigenvalue weighted by molar-refractivity contribution is 7.21. The lowest BCUT2D eigenvalue weighted by Crippen LogP contribution is -2.14. The molecule has 0 atom stereocenters. The molecule has 0 rings (SSSR count). The van der Waals surface area contributed by atoms with Crippen LogP contribution in [0.5, 0.6) is 0 Å². The lowest BCUT2D eigenvalue weighted by molar-refractivity contribution is -0.0797. The van der Waals surface area contributed by atoms with Gasteiger partial charge in [0.05, 0.1) is 0 Å². The Bertz CT molecular complexity index is 117. The fourth-order valence-electron chi connectivity index (χ4n) is 0.293. The lowest BCUT2D eigenvalue weighted by atomic mass is 10.6. The molecule has 60 valence electrons. The number of hydrogen-bond acceptors (Lipinski definition) is 0. The molecule has 0 heterocycles. The highest BCUT2D eigenvalue weighted by atomic mass is 35.6. The Morgan fingerprint density at radius 2 is 1.70 bits per heavy atom. The summed E-state index contributed by atoms with van der Waals surface area (Å²) >= 11 is 5.59. The van der Waals surface area contributed by atoms with Crippen molar-refractivity contribution in [3.63, 3.8) is 0 Å². The van der Waals surface area contributed by atoms with E-state index >= 15 is 0 Å². The fraction of sp³-hybridized carbons (Fsp3) is 0.600. The van der Waals surface area contributed by atoms with Crippen LogP contribution in [0.25, 0.3) is 0 Å². The van der Waals surface area contributed by atoms with E-state index in [1.54, 1.807) is 13.1 Å². The van der Waals surface area contributed by atoms with Crippen molar-refractivity contribution in [3.8, 4) is 0 Å². The highest BCUT2D eigenvalue weighted by Gasteiger charge is 2.24. The molecular formula is C5H8ClF3Si. The Kier molecular flexibility index (Phi) is 2.97. The van der Waals surface area contributed by atoms with Crippen LogP contribution in [0.1, 0.15) is 0 Å². The first-order valence-electron chi connectivity index (χ1n) is 2.67. The van der Waals surface area contributed by atoms with Gasteiger partial charge < -0.3 is 0 Å². The molecule has 0 aliphatic heterocycles. The fourth-order valence-corrected chi connectivity index (χ4v) is 1.07. The van der Waals surface area contributed by atoms with Crippen molar-refractivity contribution in [2.75, 3.05) is 0 Å².